The van der Waals surface area contributed by atoms with E-state index in [4.69, 9.17) is 0 Å². The summed E-state index contributed by atoms with van der Waals surface area (Å²) in [7, 11) is 2.03. The van der Waals surface area contributed by atoms with Gasteiger partial charge in [0.15, 0.2) is 0 Å². The topological polar surface area (TPSA) is 12.0 Å². The molecule has 17 heavy (non-hydrogen) atoms. The minimum atomic E-state index is 0.416. The molecule has 0 bridgehead atoms. The number of rotatable bonds is 5. The van der Waals surface area contributed by atoms with Crippen molar-refractivity contribution < 1.29 is 0 Å². The van der Waals surface area contributed by atoms with Gasteiger partial charge in [0.05, 0.1) is 0 Å². The molecule has 0 radical (unpaired) electrons. The molecular formula is C15H19NS. The molecule has 90 valence electrons. The first-order valence-electron chi connectivity index (χ1n) is 6.13. The van der Waals surface area contributed by atoms with E-state index in [0.29, 0.717) is 6.04 Å². The SMILES string of the molecule is CCc1ccc(CC(NC)c2ccccc2)s1. The van der Waals surface area contributed by atoms with Crippen LogP contribution in [0.5, 0.6) is 0 Å². The van der Waals surface area contributed by atoms with E-state index in [1.54, 1.807) is 0 Å². The number of hydrogen-bond acceptors (Lipinski definition) is 2. The average molecular weight is 245 g/mol. The van der Waals surface area contributed by atoms with Crippen molar-refractivity contribution in [1.29, 1.82) is 0 Å². The summed E-state index contributed by atoms with van der Waals surface area (Å²) in [5.41, 5.74) is 1.36. The van der Waals surface area contributed by atoms with Gasteiger partial charge < -0.3 is 5.32 Å². The zero-order chi connectivity index (χ0) is 12.1. The standard InChI is InChI=1S/C15H19NS/c1-3-13-9-10-14(17-13)11-15(16-2)12-7-5-4-6-8-12/h4-10,15-16H,3,11H2,1-2H3. The van der Waals surface area contributed by atoms with Crippen LogP contribution in [0, 0.1) is 0 Å². The van der Waals surface area contributed by atoms with Gasteiger partial charge in [-0.1, -0.05) is 37.3 Å². The summed E-state index contributed by atoms with van der Waals surface area (Å²) in [4.78, 5) is 2.94. The predicted octanol–water partition coefficient (Wildman–Crippen LogP) is 3.81. The third-order valence-corrected chi connectivity index (χ3v) is 4.27. The van der Waals surface area contributed by atoms with Gasteiger partial charge in [-0.25, -0.2) is 0 Å². The van der Waals surface area contributed by atoms with Crippen molar-refractivity contribution in [2.75, 3.05) is 7.05 Å². The summed E-state index contributed by atoms with van der Waals surface area (Å²) >= 11 is 1.93. The Morgan fingerprint density at radius 3 is 2.35 bits per heavy atom. The molecule has 0 aliphatic heterocycles. The van der Waals surface area contributed by atoms with Gasteiger partial charge in [0.2, 0.25) is 0 Å². The number of likely N-dealkylation sites (N-methyl/N-ethyl adjacent to an activating group) is 1. The lowest BCUT2D eigenvalue weighted by Gasteiger charge is -2.15. The smallest absolute Gasteiger partial charge is 0.0366 e. The fourth-order valence-electron chi connectivity index (χ4n) is 2.00. The van der Waals surface area contributed by atoms with E-state index in [1.807, 2.05) is 18.4 Å². The van der Waals surface area contributed by atoms with Crippen LogP contribution in [0.15, 0.2) is 42.5 Å². The van der Waals surface area contributed by atoms with Crippen LogP contribution in [-0.4, -0.2) is 7.05 Å². The largest absolute Gasteiger partial charge is 0.313 e. The van der Waals surface area contributed by atoms with E-state index < -0.39 is 0 Å². The van der Waals surface area contributed by atoms with Crippen LogP contribution in [-0.2, 0) is 12.8 Å². The summed E-state index contributed by atoms with van der Waals surface area (Å²) in [6.45, 7) is 2.21. The lowest BCUT2D eigenvalue weighted by Crippen LogP contribution is -2.18. The molecular weight excluding hydrogens is 226 g/mol. The molecule has 1 aromatic carbocycles. The second-order valence-electron chi connectivity index (χ2n) is 4.18. The van der Waals surface area contributed by atoms with Crippen molar-refractivity contribution >= 4 is 11.3 Å². The van der Waals surface area contributed by atoms with Crippen molar-refractivity contribution in [3.8, 4) is 0 Å². The van der Waals surface area contributed by atoms with Gasteiger partial charge in [-0.05, 0) is 31.2 Å². The lowest BCUT2D eigenvalue weighted by atomic mass is 10.0. The fourth-order valence-corrected chi connectivity index (χ4v) is 3.00. The van der Waals surface area contributed by atoms with E-state index in [-0.39, 0.29) is 0 Å². The van der Waals surface area contributed by atoms with Crippen molar-refractivity contribution in [2.45, 2.75) is 25.8 Å². The maximum atomic E-state index is 3.40. The Morgan fingerprint density at radius 2 is 1.76 bits per heavy atom. The number of hydrogen-bond donors (Lipinski definition) is 1. The van der Waals surface area contributed by atoms with Gasteiger partial charge in [0.25, 0.3) is 0 Å². The van der Waals surface area contributed by atoms with Gasteiger partial charge in [-0.15, -0.1) is 11.3 Å². The molecule has 2 rings (SSSR count). The summed E-state index contributed by atoms with van der Waals surface area (Å²) in [5.74, 6) is 0. The normalized spacial score (nSPS) is 12.6. The van der Waals surface area contributed by atoms with Crippen LogP contribution >= 0.6 is 11.3 Å². The van der Waals surface area contributed by atoms with Crippen molar-refractivity contribution in [2.24, 2.45) is 0 Å². The van der Waals surface area contributed by atoms with E-state index in [2.05, 4.69) is 54.7 Å². The number of nitrogens with one attached hydrogen (secondary N) is 1. The van der Waals surface area contributed by atoms with E-state index in [9.17, 15) is 0 Å². The van der Waals surface area contributed by atoms with Gasteiger partial charge >= 0.3 is 0 Å². The van der Waals surface area contributed by atoms with Crippen LogP contribution < -0.4 is 5.32 Å². The molecule has 0 aliphatic rings. The lowest BCUT2D eigenvalue weighted by molar-refractivity contribution is 0.596. The Morgan fingerprint density at radius 1 is 1.06 bits per heavy atom. The Labute approximate surface area is 108 Å². The Hall–Kier alpha value is -1.12. The molecule has 2 aromatic rings. The van der Waals surface area contributed by atoms with Crippen LogP contribution in [0.2, 0.25) is 0 Å². The second kappa shape index (κ2) is 5.99. The quantitative estimate of drug-likeness (QED) is 0.844. The van der Waals surface area contributed by atoms with Gasteiger partial charge in [0.1, 0.15) is 0 Å². The number of aryl methyl sites for hydroxylation is 1. The maximum absolute atomic E-state index is 3.40. The van der Waals surface area contributed by atoms with Crippen molar-refractivity contribution in [3.05, 3.63) is 57.8 Å². The molecule has 0 fully saturated rings. The Balaban J connectivity index is 2.10. The summed E-state index contributed by atoms with van der Waals surface area (Å²) in [6.07, 6.45) is 2.21. The molecule has 1 aromatic heterocycles. The third kappa shape index (κ3) is 3.18. The third-order valence-electron chi connectivity index (χ3n) is 3.02. The fraction of sp³-hybridized carbons (Fsp3) is 0.333. The molecule has 0 amide bonds. The van der Waals surface area contributed by atoms with E-state index in [0.717, 1.165) is 12.8 Å². The van der Waals surface area contributed by atoms with E-state index in [1.165, 1.54) is 15.3 Å². The monoisotopic (exact) mass is 245 g/mol. The molecule has 1 heterocycles. The molecule has 1 atom stereocenters. The Bertz CT molecular complexity index is 447. The first-order chi connectivity index (χ1) is 8.33. The molecule has 0 spiro atoms. The number of thiophene rings is 1. The maximum Gasteiger partial charge on any atom is 0.0366 e. The Kier molecular flexibility index (Phi) is 4.35. The molecule has 1 unspecified atom stereocenters. The molecule has 1 N–H and O–H groups in total. The van der Waals surface area contributed by atoms with Gasteiger partial charge in [0, 0.05) is 22.2 Å². The minimum Gasteiger partial charge on any atom is -0.313 e. The minimum absolute atomic E-state index is 0.416. The van der Waals surface area contributed by atoms with Crippen LogP contribution in [0.25, 0.3) is 0 Å². The van der Waals surface area contributed by atoms with Crippen LogP contribution in [0.3, 0.4) is 0 Å². The first kappa shape index (κ1) is 12.3. The van der Waals surface area contributed by atoms with Gasteiger partial charge in [-0.3, -0.25) is 0 Å². The highest BCUT2D eigenvalue weighted by Crippen LogP contribution is 2.23. The van der Waals surface area contributed by atoms with Crippen LogP contribution in [0.4, 0.5) is 0 Å². The zero-order valence-electron chi connectivity index (χ0n) is 10.4. The molecule has 1 nitrogen and oxygen atoms in total. The molecule has 0 saturated heterocycles. The highest BCUT2D eigenvalue weighted by Gasteiger charge is 2.10. The highest BCUT2D eigenvalue weighted by atomic mass is 32.1. The van der Waals surface area contributed by atoms with Crippen molar-refractivity contribution in [3.63, 3.8) is 0 Å². The zero-order valence-corrected chi connectivity index (χ0v) is 11.3. The van der Waals surface area contributed by atoms with Crippen LogP contribution in [0.1, 0.15) is 28.3 Å². The molecule has 2 heteroatoms. The van der Waals surface area contributed by atoms with E-state index >= 15 is 0 Å². The predicted molar refractivity (Wildman–Crippen MR) is 75.6 cm³/mol. The van der Waals surface area contributed by atoms with Crippen molar-refractivity contribution in [1.82, 2.24) is 5.32 Å². The molecule has 0 saturated carbocycles. The number of benzene rings is 1. The summed E-state index contributed by atoms with van der Waals surface area (Å²) < 4.78 is 0. The summed E-state index contributed by atoms with van der Waals surface area (Å²) in [6, 6.07) is 15.6. The second-order valence-corrected chi connectivity index (χ2v) is 5.43. The molecule has 0 aliphatic carbocycles. The first-order valence-corrected chi connectivity index (χ1v) is 6.95. The average Bonchev–Trinajstić information content (AvgIpc) is 2.84. The highest BCUT2D eigenvalue weighted by molar-refractivity contribution is 7.11. The van der Waals surface area contributed by atoms with Gasteiger partial charge in [-0.2, -0.15) is 0 Å². The summed E-state index contributed by atoms with van der Waals surface area (Å²) in [5, 5.41) is 3.40.